The molecule has 2 unspecified atom stereocenters. The molecular formula is C10H18N4. The molecule has 0 aromatic carbocycles. The van der Waals surface area contributed by atoms with Crippen molar-refractivity contribution in [2.24, 2.45) is 12.8 Å². The maximum atomic E-state index is 5.89. The fourth-order valence-corrected chi connectivity index (χ4v) is 2.15. The minimum Gasteiger partial charge on any atom is -0.326 e. The molecule has 0 saturated carbocycles. The summed E-state index contributed by atoms with van der Waals surface area (Å²) in [5.74, 6) is 0. The van der Waals surface area contributed by atoms with Crippen molar-refractivity contribution in [1.82, 2.24) is 14.7 Å². The SMILES string of the molecule is CC(c1ccnn1C)N1CCC(N)C1. The number of aryl methyl sites for hydroxylation is 1. The van der Waals surface area contributed by atoms with Crippen molar-refractivity contribution in [2.45, 2.75) is 25.4 Å². The highest BCUT2D eigenvalue weighted by Crippen LogP contribution is 2.23. The largest absolute Gasteiger partial charge is 0.326 e. The second kappa shape index (κ2) is 3.71. The molecule has 1 aliphatic rings. The van der Waals surface area contributed by atoms with E-state index in [1.165, 1.54) is 5.69 Å². The third-order valence-corrected chi connectivity index (χ3v) is 3.09. The molecular weight excluding hydrogens is 176 g/mol. The fraction of sp³-hybridized carbons (Fsp3) is 0.700. The molecule has 14 heavy (non-hydrogen) atoms. The van der Waals surface area contributed by atoms with Crippen molar-refractivity contribution in [3.8, 4) is 0 Å². The van der Waals surface area contributed by atoms with Gasteiger partial charge in [0, 0.05) is 38.4 Å². The molecule has 2 atom stereocenters. The van der Waals surface area contributed by atoms with Crippen LogP contribution in [0.15, 0.2) is 12.3 Å². The van der Waals surface area contributed by atoms with Gasteiger partial charge in [-0.3, -0.25) is 9.58 Å². The van der Waals surface area contributed by atoms with Gasteiger partial charge < -0.3 is 5.73 Å². The quantitative estimate of drug-likeness (QED) is 0.746. The summed E-state index contributed by atoms with van der Waals surface area (Å²) in [6.45, 7) is 4.33. The first-order valence-electron chi connectivity index (χ1n) is 5.16. The van der Waals surface area contributed by atoms with Crippen LogP contribution in [-0.2, 0) is 7.05 Å². The molecule has 1 saturated heterocycles. The zero-order valence-electron chi connectivity index (χ0n) is 8.85. The van der Waals surface area contributed by atoms with Crippen LogP contribution in [-0.4, -0.2) is 33.8 Å². The Morgan fingerprint density at radius 2 is 2.43 bits per heavy atom. The molecule has 4 nitrogen and oxygen atoms in total. The average Bonchev–Trinajstić information content (AvgIpc) is 2.73. The Morgan fingerprint density at radius 3 is 2.93 bits per heavy atom. The van der Waals surface area contributed by atoms with Crippen molar-refractivity contribution in [2.75, 3.05) is 13.1 Å². The Hall–Kier alpha value is -0.870. The monoisotopic (exact) mass is 194 g/mol. The van der Waals surface area contributed by atoms with Gasteiger partial charge in [-0.2, -0.15) is 5.10 Å². The van der Waals surface area contributed by atoms with Gasteiger partial charge in [-0.25, -0.2) is 0 Å². The maximum Gasteiger partial charge on any atom is 0.0549 e. The second-order valence-corrected chi connectivity index (χ2v) is 4.10. The molecule has 0 spiro atoms. The van der Waals surface area contributed by atoms with Crippen LogP contribution in [0.25, 0.3) is 0 Å². The van der Waals surface area contributed by atoms with Crippen LogP contribution in [0.5, 0.6) is 0 Å². The van der Waals surface area contributed by atoms with Gasteiger partial charge >= 0.3 is 0 Å². The van der Waals surface area contributed by atoms with E-state index < -0.39 is 0 Å². The molecule has 0 radical (unpaired) electrons. The van der Waals surface area contributed by atoms with E-state index in [1.54, 1.807) is 0 Å². The molecule has 1 aromatic heterocycles. The summed E-state index contributed by atoms with van der Waals surface area (Å²) < 4.78 is 1.94. The van der Waals surface area contributed by atoms with Crippen molar-refractivity contribution in [1.29, 1.82) is 0 Å². The smallest absolute Gasteiger partial charge is 0.0549 e. The van der Waals surface area contributed by atoms with E-state index in [0.717, 1.165) is 19.5 Å². The minimum atomic E-state index is 0.352. The standard InChI is InChI=1S/C10H18N4/c1-8(10-3-5-12-13(10)2)14-6-4-9(11)7-14/h3,5,8-9H,4,6-7,11H2,1-2H3. The van der Waals surface area contributed by atoms with Gasteiger partial charge in [0.25, 0.3) is 0 Å². The molecule has 2 rings (SSSR count). The van der Waals surface area contributed by atoms with Crippen LogP contribution < -0.4 is 5.73 Å². The first-order chi connectivity index (χ1) is 6.68. The highest BCUT2D eigenvalue weighted by atomic mass is 15.3. The summed E-state index contributed by atoms with van der Waals surface area (Å²) in [4.78, 5) is 2.42. The van der Waals surface area contributed by atoms with Gasteiger partial charge in [-0.05, 0) is 19.4 Å². The van der Waals surface area contributed by atoms with E-state index in [1.807, 2.05) is 17.9 Å². The summed E-state index contributed by atoms with van der Waals surface area (Å²) in [7, 11) is 1.99. The molecule has 2 N–H and O–H groups in total. The topological polar surface area (TPSA) is 47.1 Å². The Labute approximate surface area is 84.7 Å². The number of hydrogen-bond acceptors (Lipinski definition) is 3. The second-order valence-electron chi connectivity index (χ2n) is 4.10. The lowest BCUT2D eigenvalue weighted by Crippen LogP contribution is -2.29. The normalized spacial score (nSPS) is 25.5. The van der Waals surface area contributed by atoms with Crippen molar-refractivity contribution in [3.05, 3.63) is 18.0 Å². The van der Waals surface area contributed by atoms with Gasteiger partial charge in [0.05, 0.1) is 5.69 Å². The lowest BCUT2D eigenvalue weighted by Gasteiger charge is -2.23. The fourth-order valence-electron chi connectivity index (χ4n) is 2.15. The third-order valence-electron chi connectivity index (χ3n) is 3.09. The number of nitrogens with zero attached hydrogens (tertiary/aromatic N) is 3. The summed E-state index contributed by atoms with van der Waals surface area (Å²) in [5, 5.41) is 4.19. The molecule has 1 fully saturated rings. The molecule has 1 aliphatic heterocycles. The highest BCUT2D eigenvalue weighted by Gasteiger charge is 2.25. The van der Waals surface area contributed by atoms with Crippen LogP contribution in [0, 0.1) is 0 Å². The van der Waals surface area contributed by atoms with E-state index in [4.69, 9.17) is 5.73 Å². The van der Waals surface area contributed by atoms with Gasteiger partial charge in [0.2, 0.25) is 0 Å². The van der Waals surface area contributed by atoms with Gasteiger partial charge in [0.1, 0.15) is 0 Å². The lowest BCUT2D eigenvalue weighted by molar-refractivity contribution is 0.250. The van der Waals surface area contributed by atoms with E-state index in [2.05, 4.69) is 23.0 Å². The minimum absolute atomic E-state index is 0.352. The van der Waals surface area contributed by atoms with Gasteiger partial charge in [-0.1, -0.05) is 0 Å². The van der Waals surface area contributed by atoms with E-state index in [0.29, 0.717) is 12.1 Å². The molecule has 4 heteroatoms. The van der Waals surface area contributed by atoms with E-state index in [9.17, 15) is 0 Å². The summed E-state index contributed by atoms with van der Waals surface area (Å²) in [6.07, 6.45) is 2.96. The maximum absolute atomic E-state index is 5.89. The molecule has 1 aromatic rings. The Balaban J connectivity index is 2.09. The summed E-state index contributed by atoms with van der Waals surface area (Å²) >= 11 is 0. The number of nitrogens with two attached hydrogens (primary N) is 1. The Kier molecular flexibility index (Phi) is 2.56. The summed E-state index contributed by atoms with van der Waals surface area (Å²) in [5.41, 5.74) is 7.15. The van der Waals surface area contributed by atoms with E-state index in [-0.39, 0.29) is 0 Å². The first kappa shape index (κ1) is 9.68. The third kappa shape index (κ3) is 1.67. The van der Waals surface area contributed by atoms with E-state index >= 15 is 0 Å². The van der Waals surface area contributed by atoms with Crippen LogP contribution in [0.1, 0.15) is 25.1 Å². The number of aromatic nitrogens is 2. The van der Waals surface area contributed by atoms with Crippen molar-refractivity contribution in [3.63, 3.8) is 0 Å². The Bertz CT molecular complexity index is 307. The van der Waals surface area contributed by atoms with Gasteiger partial charge in [0.15, 0.2) is 0 Å². The van der Waals surface area contributed by atoms with Gasteiger partial charge in [-0.15, -0.1) is 0 Å². The zero-order valence-corrected chi connectivity index (χ0v) is 8.85. The summed E-state index contributed by atoms with van der Waals surface area (Å²) in [6, 6.07) is 2.86. The number of hydrogen-bond donors (Lipinski definition) is 1. The molecule has 0 bridgehead atoms. The van der Waals surface area contributed by atoms with Crippen LogP contribution in [0.4, 0.5) is 0 Å². The number of rotatable bonds is 2. The van der Waals surface area contributed by atoms with Crippen LogP contribution >= 0.6 is 0 Å². The molecule has 2 heterocycles. The molecule has 0 aliphatic carbocycles. The van der Waals surface area contributed by atoms with Crippen LogP contribution in [0.3, 0.4) is 0 Å². The lowest BCUT2D eigenvalue weighted by atomic mass is 10.2. The van der Waals surface area contributed by atoms with Crippen molar-refractivity contribution >= 4 is 0 Å². The molecule has 0 amide bonds. The van der Waals surface area contributed by atoms with Crippen molar-refractivity contribution < 1.29 is 0 Å². The highest BCUT2D eigenvalue weighted by molar-refractivity contribution is 5.06. The average molecular weight is 194 g/mol. The number of likely N-dealkylation sites (tertiary alicyclic amines) is 1. The predicted octanol–water partition coefficient (Wildman–Crippen LogP) is 0.514. The molecule has 78 valence electrons. The Morgan fingerprint density at radius 1 is 1.64 bits per heavy atom. The first-order valence-corrected chi connectivity index (χ1v) is 5.16. The zero-order chi connectivity index (χ0) is 10.1. The predicted molar refractivity (Wildman–Crippen MR) is 55.8 cm³/mol. The van der Waals surface area contributed by atoms with Crippen LogP contribution in [0.2, 0.25) is 0 Å².